The van der Waals surface area contributed by atoms with Gasteiger partial charge in [-0.3, -0.25) is 0 Å². The summed E-state index contributed by atoms with van der Waals surface area (Å²) >= 11 is 0. The number of phenols is 4. The lowest BCUT2D eigenvalue weighted by molar-refractivity contribution is -0.241. The van der Waals surface area contributed by atoms with E-state index in [2.05, 4.69) is 0 Å². The summed E-state index contributed by atoms with van der Waals surface area (Å²) in [6, 6.07) is 12.4. The molecule has 1 fully saturated rings. The molecule has 5 rings (SSSR count). The highest BCUT2D eigenvalue weighted by Crippen LogP contribution is 2.44. The van der Waals surface area contributed by atoms with Crippen LogP contribution in [0.3, 0.4) is 0 Å². The molecule has 11 heteroatoms. The average Bonchev–Trinajstić information content (AvgIpc) is 2.89. The van der Waals surface area contributed by atoms with E-state index in [9.17, 15) is 35.4 Å². The number of rotatable bonds is 5. The Balaban J connectivity index is 1.38. The first kappa shape index (κ1) is 25.5. The number of hydrogen-bond acceptors (Lipinski definition) is 11. The van der Waals surface area contributed by atoms with Crippen LogP contribution in [0.15, 0.2) is 54.6 Å². The number of carbonyl (C=O) groups excluding carboxylic acids is 1. The Hall–Kier alpha value is -4.19. The van der Waals surface area contributed by atoms with Crippen molar-refractivity contribution in [2.75, 3.05) is 6.61 Å². The van der Waals surface area contributed by atoms with Gasteiger partial charge in [0.15, 0.2) is 17.6 Å². The van der Waals surface area contributed by atoms with Crippen molar-refractivity contribution >= 4 is 5.97 Å². The number of ether oxygens (including phenoxy) is 4. The van der Waals surface area contributed by atoms with Crippen LogP contribution in [0.4, 0.5) is 0 Å². The average molecular weight is 526 g/mol. The molecule has 3 aromatic rings. The van der Waals surface area contributed by atoms with Crippen molar-refractivity contribution in [1.29, 1.82) is 0 Å². The highest BCUT2D eigenvalue weighted by molar-refractivity contribution is 5.89. The predicted molar refractivity (Wildman–Crippen MR) is 129 cm³/mol. The van der Waals surface area contributed by atoms with Gasteiger partial charge in [0.25, 0.3) is 0 Å². The molecule has 0 aromatic heterocycles. The summed E-state index contributed by atoms with van der Waals surface area (Å²) in [5, 5.41) is 59.9. The first-order valence-electron chi connectivity index (χ1n) is 11.9. The second kappa shape index (κ2) is 10.3. The third-order valence-electron chi connectivity index (χ3n) is 6.47. The summed E-state index contributed by atoms with van der Waals surface area (Å²) < 4.78 is 23.0. The molecule has 5 atom stereocenters. The van der Waals surface area contributed by atoms with Crippen molar-refractivity contribution in [3.05, 3.63) is 71.3 Å². The molecule has 38 heavy (non-hydrogen) atoms. The maximum Gasteiger partial charge on any atom is 0.338 e. The second-order valence-electron chi connectivity index (χ2n) is 9.11. The van der Waals surface area contributed by atoms with Crippen LogP contribution in [-0.2, 0) is 15.9 Å². The molecule has 1 saturated heterocycles. The Labute approximate surface area is 216 Å². The number of aliphatic hydroxyl groups excluding tert-OH is 2. The van der Waals surface area contributed by atoms with E-state index >= 15 is 0 Å². The molecule has 2 aliphatic rings. The lowest BCUT2D eigenvalue weighted by Crippen LogP contribution is -2.56. The SMILES string of the molecule is O=C(OC1[C@H](Oc2cc(O)cc3c2CC[C@@H](c2ccc(O)c(O)c2)O3)OC[C@@H](O)[C@@H]1O)c1ccc(O)cc1. The minimum atomic E-state index is -1.52. The minimum absolute atomic E-state index is 0.0421. The van der Waals surface area contributed by atoms with E-state index in [4.69, 9.17) is 18.9 Å². The minimum Gasteiger partial charge on any atom is -0.508 e. The molecule has 0 spiro atoms. The highest BCUT2D eigenvalue weighted by Gasteiger charge is 2.44. The summed E-state index contributed by atoms with van der Waals surface area (Å²) in [4.78, 5) is 12.7. The number of aliphatic hydroxyl groups is 2. The van der Waals surface area contributed by atoms with Gasteiger partial charge in [-0.2, -0.15) is 0 Å². The van der Waals surface area contributed by atoms with Gasteiger partial charge < -0.3 is 49.6 Å². The van der Waals surface area contributed by atoms with Crippen LogP contribution in [0.2, 0.25) is 0 Å². The van der Waals surface area contributed by atoms with Crippen molar-refractivity contribution in [3.8, 4) is 34.5 Å². The first-order chi connectivity index (χ1) is 18.2. The van der Waals surface area contributed by atoms with E-state index in [0.29, 0.717) is 29.7 Å². The molecule has 0 radical (unpaired) electrons. The maximum atomic E-state index is 12.7. The zero-order valence-electron chi connectivity index (χ0n) is 19.9. The molecule has 200 valence electrons. The number of benzene rings is 3. The number of aromatic hydroxyl groups is 4. The summed E-state index contributed by atoms with van der Waals surface area (Å²) in [7, 11) is 0. The number of fused-ring (bicyclic) bond motifs is 1. The second-order valence-corrected chi connectivity index (χ2v) is 9.11. The molecule has 1 unspecified atom stereocenters. The zero-order valence-corrected chi connectivity index (χ0v) is 19.9. The van der Waals surface area contributed by atoms with E-state index in [1.165, 1.54) is 48.5 Å². The maximum absolute atomic E-state index is 12.7. The van der Waals surface area contributed by atoms with Crippen LogP contribution >= 0.6 is 0 Å². The first-order valence-corrected chi connectivity index (χ1v) is 11.9. The van der Waals surface area contributed by atoms with Crippen molar-refractivity contribution in [3.63, 3.8) is 0 Å². The summed E-state index contributed by atoms with van der Waals surface area (Å²) in [6.45, 7) is -0.289. The van der Waals surface area contributed by atoms with Gasteiger partial charge in [-0.1, -0.05) is 6.07 Å². The lowest BCUT2D eigenvalue weighted by atomic mass is 9.96. The predicted octanol–water partition coefficient (Wildman–Crippen LogP) is 2.26. The molecule has 0 amide bonds. The number of carbonyl (C=O) groups is 1. The van der Waals surface area contributed by atoms with E-state index in [1.807, 2.05) is 0 Å². The van der Waals surface area contributed by atoms with Crippen LogP contribution in [0, 0.1) is 0 Å². The summed E-state index contributed by atoms with van der Waals surface area (Å²) in [5.41, 5.74) is 1.32. The number of phenolic OH excluding ortho intramolecular Hbond substituents is 4. The van der Waals surface area contributed by atoms with Gasteiger partial charge in [0, 0.05) is 17.7 Å². The van der Waals surface area contributed by atoms with Crippen LogP contribution in [0.1, 0.15) is 34.0 Å². The molecule has 0 aliphatic carbocycles. The Morgan fingerprint density at radius 2 is 1.66 bits per heavy atom. The van der Waals surface area contributed by atoms with Crippen LogP contribution in [0.5, 0.6) is 34.5 Å². The van der Waals surface area contributed by atoms with Gasteiger partial charge >= 0.3 is 5.97 Å². The van der Waals surface area contributed by atoms with Crippen molar-refractivity contribution < 1.29 is 54.4 Å². The van der Waals surface area contributed by atoms with Gasteiger partial charge in [0.1, 0.15) is 41.3 Å². The number of esters is 1. The fourth-order valence-corrected chi connectivity index (χ4v) is 4.43. The van der Waals surface area contributed by atoms with Crippen LogP contribution < -0.4 is 9.47 Å². The Morgan fingerprint density at radius 3 is 2.39 bits per heavy atom. The van der Waals surface area contributed by atoms with Crippen LogP contribution in [0.25, 0.3) is 0 Å². The summed E-state index contributed by atoms with van der Waals surface area (Å²) in [5.74, 6) is -1.09. The van der Waals surface area contributed by atoms with Gasteiger partial charge in [0.05, 0.1) is 12.2 Å². The fraction of sp³-hybridized carbons (Fsp3) is 0.296. The topological polar surface area (TPSA) is 175 Å². The monoisotopic (exact) mass is 526 g/mol. The quantitative estimate of drug-likeness (QED) is 0.212. The normalized spacial score (nSPS) is 24.6. The lowest BCUT2D eigenvalue weighted by Gasteiger charge is -2.38. The zero-order chi connectivity index (χ0) is 27.0. The number of hydrogen-bond donors (Lipinski definition) is 6. The van der Waals surface area contributed by atoms with Gasteiger partial charge in [-0.05, 0) is 54.8 Å². The molecule has 3 aromatic carbocycles. The molecular formula is C27H26O11. The molecule has 6 N–H and O–H groups in total. The van der Waals surface area contributed by atoms with Crippen molar-refractivity contribution in [2.24, 2.45) is 0 Å². The van der Waals surface area contributed by atoms with Gasteiger partial charge in [-0.25, -0.2) is 4.79 Å². The smallest absolute Gasteiger partial charge is 0.338 e. The Kier molecular flexibility index (Phi) is 6.89. The fourth-order valence-electron chi connectivity index (χ4n) is 4.43. The molecule has 2 heterocycles. The molecule has 2 aliphatic heterocycles. The molecule has 0 saturated carbocycles. The van der Waals surface area contributed by atoms with E-state index in [1.54, 1.807) is 6.07 Å². The largest absolute Gasteiger partial charge is 0.508 e. The molecular weight excluding hydrogens is 500 g/mol. The molecule has 0 bridgehead atoms. The van der Waals surface area contributed by atoms with E-state index < -0.39 is 36.7 Å². The highest BCUT2D eigenvalue weighted by atomic mass is 16.7. The standard InChI is InChI=1S/C27H26O11/c28-15-4-1-13(2-5-15)26(34)38-25-24(33)20(32)12-35-27(25)37-23-11-16(29)10-22-17(23)6-8-21(36-22)14-3-7-18(30)19(31)9-14/h1-5,7,9-11,20-21,24-25,27-33H,6,8,12H2/t20-,21+,24+,25?,27+/m1/s1. The summed E-state index contributed by atoms with van der Waals surface area (Å²) in [6.07, 6.45) is -5.16. The molecule has 11 nitrogen and oxygen atoms in total. The van der Waals surface area contributed by atoms with Gasteiger partial charge in [0.2, 0.25) is 6.29 Å². The van der Waals surface area contributed by atoms with Crippen LogP contribution in [-0.4, -0.2) is 67.8 Å². The Bertz CT molecular complexity index is 1320. The van der Waals surface area contributed by atoms with E-state index in [0.717, 1.165) is 0 Å². The van der Waals surface area contributed by atoms with Crippen molar-refractivity contribution in [2.45, 2.75) is 43.5 Å². The third-order valence-corrected chi connectivity index (χ3v) is 6.47. The van der Waals surface area contributed by atoms with Gasteiger partial charge in [-0.15, -0.1) is 0 Å². The third kappa shape index (κ3) is 5.12. The van der Waals surface area contributed by atoms with E-state index in [-0.39, 0.29) is 40.9 Å². The van der Waals surface area contributed by atoms with Crippen molar-refractivity contribution in [1.82, 2.24) is 0 Å². The Morgan fingerprint density at radius 1 is 0.895 bits per heavy atom.